The summed E-state index contributed by atoms with van der Waals surface area (Å²) in [4.78, 5) is 23.6. The summed E-state index contributed by atoms with van der Waals surface area (Å²) in [5.74, 6) is -0.326. The van der Waals surface area contributed by atoms with Crippen molar-refractivity contribution in [3.8, 4) is 0 Å². The molecule has 2 rings (SSSR count). The molecule has 0 aliphatic carbocycles. The first kappa shape index (κ1) is 17.1. The predicted molar refractivity (Wildman–Crippen MR) is 93.3 cm³/mol. The molecule has 0 spiro atoms. The lowest BCUT2D eigenvalue weighted by Gasteiger charge is -2.10. The first-order valence-electron chi connectivity index (χ1n) is 6.80. The van der Waals surface area contributed by atoms with Gasteiger partial charge in [-0.15, -0.1) is 0 Å². The molecule has 5 nitrogen and oxygen atoms in total. The molecule has 0 fully saturated rings. The number of carbonyl (C=O) groups excluding carboxylic acids is 2. The van der Waals surface area contributed by atoms with Crippen LogP contribution in [-0.2, 0) is 4.79 Å². The van der Waals surface area contributed by atoms with E-state index in [4.69, 9.17) is 23.2 Å². The van der Waals surface area contributed by atoms with Crippen LogP contribution in [-0.4, -0.2) is 18.5 Å². The monoisotopic (exact) mass is 351 g/mol. The summed E-state index contributed by atoms with van der Waals surface area (Å²) in [6.45, 7) is 1.77. The molecule has 0 aromatic heterocycles. The Morgan fingerprint density at radius 3 is 2.52 bits per heavy atom. The Morgan fingerprint density at radius 2 is 1.83 bits per heavy atom. The van der Waals surface area contributed by atoms with Gasteiger partial charge in [-0.1, -0.05) is 35.3 Å². The molecule has 0 heterocycles. The Labute approximate surface area is 144 Å². The molecule has 0 saturated carbocycles. The van der Waals surface area contributed by atoms with Gasteiger partial charge in [0.1, 0.15) is 0 Å². The first-order valence-corrected chi connectivity index (χ1v) is 7.56. The third-order valence-corrected chi connectivity index (χ3v) is 3.44. The molecule has 2 aromatic rings. The smallest absolute Gasteiger partial charge is 0.319 e. The second-order valence-electron chi connectivity index (χ2n) is 4.85. The number of nitrogens with one attached hydrogen (secondary N) is 3. The molecular formula is C16H15Cl2N3O2. The largest absolute Gasteiger partial charge is 0.329 e. The summed E-state index contributed by atoms with van der Waals surface area (Å²) in [6, 6.07) is 11.6. The molecule has 3 N–H and O–H groups in total. The number of urea groups is 1. The van der Waals surface area contributed by atoms with E-state index in [-0.39, 0.29) is 12.5 Å². The zero-order valence-corrected chi connectivity index (χ0v) is 13.8. The standard InChI is InChI=1S/C16H15Cl2N3O2/c1-10-3-2-4-12(7-10)20-15(22)9-19-16(23)21-14-6-5-11(17)8-13(14)18/h2-8H,9H2,1H3,(H,20,22)(H2,19,21,23). The van der Waals surface area contributed by atoms with Crippen molar-refractivity contribution in [1.29, 1.82) is 0 Å². The fraction of sp³-hybridized carbons (Fsp3) is 0.125. The number of benzene rings is 2. The van der Waals surface area contributed by atoms with Crippen molar-refractivity contribution in [2.24, 2.45) is 0 Å². The lowest BCUT2D eigenvalue weighted by molar-refractivity contribution is -0.115. The Bertz CT molecular complexity index is 735. The van der Waals surface area contributed by atoms with Gasteiger partial charge in [-0.2, -0.15) is 0 Å². The quantitative estimate of drug-likeness (QED) is 0.777. The van der Waals surface area contributed by atoms with Crippen molar-refractivity contribution in [1.82, 2.24) is 5.32 Å². The number of aryl methyl sites for hydroxylation is 1. The van der Waals surface area contributed by atoms with Gasteiger partial charge in [0.2, 0.25) is 5.91 Å². The van der Waals surface area contributed by atoms with Crippen molar-refractivity contribution in [3.05, 3.63) is 58.1 Å². The van der Waals surface area contributed by atoms with E-state index in [0.29, 0.717) is 21.4 Å². The Morgan fingerprint density at radius 1 is 1.04 bits per heavy atom. The maximum atomic E-state index is 11.8. The van der Waals surface area contributed by atoms with Gasteiger partial charge < -0.3 is 16.0 Å². The van der Waals surface area contributed by atoms with Crippen LogP contribution in [0.1, 0.15) is 5.56 Å². The molecule has 0 bridgehead atoms. The van der Waals surface area contributed by atoms with Crippen LogP contribution in [0.15, 0.2) is 42.5 Å². The van der Waals surface area contributed by atoms with Crippen LogP contribution in [0, 0.1) is 6.92 Å². The van der Waals surface area contributed by atoms with Gasteiger partial charge in [-0.3, -0.25) is 4.79 Å². The zero-order valence-electron chi connectivity index (χ0n) is 12.3. The number of rotatable bonds is 4. The van der Waals surface area contributed by atoms with Crippen molar-refractivity contribution >= 4 is 46.5 Å². The number of hydrogen-bond acceptors (Lipinski definition) is 2. The van der Waals surface area contributed by atoms with Crippen LogP contribution in [0.4, 0.5) is 16.2 Å². The van der Waals surface area contributed by atoms with E-state index in [1.165, 1.54) is 6.07 Å². The Hall–Kier alpha value is -2.24. The average Bonchev–Trinajstić information content (AvgIpc) is 2.48. The third kappa shape index (κ3) is 5.47. The molecule has 0 aliphatic heterocycles. The van der Waals surface area contributed by atoms with Crippen molar-refractivity contribution < 1.29 is 9.59 Å². The molecule has 0 atom stereocenters. The van der Waals surface area contributed by atoms with Crippen LogP contribution in [0.5, 0.6) is 0 Å². The minimum absolute atomic E-state index is 0.162. The highest BCUT2D eigenvalue weighted by atomic mass is 35.5. The molecule has 3 amide bonds. The van der Waals surface area contributed by atoms with Gasteiger partial charge in [0, 0.05) is 10.7 Å². The maximum Gasteiger partial charge on any atom is 0.319 e. The van der Waals surface area contributed by atoms with Gasteiger partial charge in [0.05, 0.1) is 17.3 Å². The maximum absolute atomic E-state index is 11.8. The second kappa shape index (κ2) is 7.85. The number of hydrogen-bond donors (Lipinski definition) is 3. The minimum atomic E-state index is -0.534. The Balaban J connectivity index is 1.83. The zero-order chi connectivity index (χ0) is 16.8. The summed E-state index contributed by atoms with van der Waals surface area (Å²) in [7, 11) is 0. The molecule has 0 saturated heterocycles. The van der Waals surface area contributed by atoms with Crippen LogP contribution >= 0.6 is 23.2 Å². The normalized spacial score (nSPS) is 10.0. The summed E-state index contributed by atoms with van der Waals surface area (Å²) < 4.78 is 0. The molecule has 0 radical (unpaired) electrons. The van der Waals surface area contributed by atoms with E-state index in [0.717, 1.165) is 5.56 Å². The van der Waals surface area contributed by atoms with Gasteiger partial charge in [-0.25, -0.2) is 4.79 Å². The summed E-state index contributed by atoms with van der Waals surface area (Å²) in [5, 5.41) is 8.48. The van der Waals surface area contributed by atoms with Crippen molar-refractivity contribution in [2.75, 3.05) is 17.2 Å². The van der Waals surface area contributed by atoms with E-state index in [9.17, 15) is 9.59 Å². The fourth-order valence-electron chi connectivity index (χ4n) is 1.85. The van der Waals surface area contributed by atoms with Crippen LogP contribution < -0.4 is 16.0 Å². The summed E-state index contributed by atoms with van der Waals surface area (Å²) in [5.41, 5.74) is 2.12. The Kier molecular flexibility index (Phi) is 5.84. The first-order chi connectivity index (χ1) is 10.9. The van der Waals surface area contributed by atoms with Crippen LogP contribution in [0.3, 0.4) is 0 Å². The van der Waals surface area contributed by atoms with E-state index in [1.807, 2.05) is 25.1 Å². The molecule has 2 aromatic carbocycles. The number of anilines is 2. The third-order valence-electron chi connectivity index (χ3n) is 2.89. The highest BCUT2D eigenvalue weighted by molar-refractivity contribution is 6.36. The average molecular weight is 352 g/mol. The number of carbonyl (C=O) groups is 2. The summed E-state index contributed by atoms with van der Waals surface area (Å²) in [6.07, 6.45) is 0. The molecule has 7 heteroatoms. The molecule has 23 heavy (non-hydrogen) atoms. The highest BCUT2D eigenvalue weighted by Gasteiger charge is 2.08. The number of amides is 3. The molecule has 0 unspecified atom stereocenters. The molecular weight excluding hydrogens is 337 g/mol. The second-order valence-corrected chi connectivity index (χ2v) is 5.69. The van der Waals surface area contributed by atoms with E-state index >= 15 is 0 Å². The van der Waals surface area contributed by atoms with E-state index < -0.39 is 6.03 Å². The van der Waals surface area contributed by atoms with E-state index in [2.05, 4.69) is 16.0 Å². The number of halogens is 2. The summed E-state index contributed by atoms with van der Waals surface area (Å²) >= 11 is 11.7. The van der Waals surface area contributed by atoms with E-state index in [1.54, 1.807) is 18.2 Å². The lowest BCUT2D eigenvalue weighted by Crippen LogP contribution is -2.35. The SMILES string of the molecule is Cc1cccc(NC(=O)CNC(=O)Nc2ccc(Cl)cc2Cl)c1. The molecule has 120 valence electrons. The lowest BCUT2D eigenvalue weighted by atomic mass is 10.2. The predicted octanol–water partition coefficient (Wildman–Crippen LogP) is 4.06. The van der Waals surface area contributed by atoms with Gasteiger partial charge in [0.25, 0.3) is 0 Å². The topological polar surface area (TPSA) is 70.2 Å². The van der Waals surface area contributed by atoms with Gasteiger partial charge in [0.15, 0.2) is 0 Å². The van der Waals surface area contributed by atoms with Gasteiger partial charge in [-0.05, 0) is 42.8 Å². The van der Waals surface area contributed by atoms with Crippen LogP contribution in [0.2, 0.25) is 10.0 Å². The van der Waals surface area contributed by atoms with Crippen molar-refractivity contribution in [3.63, 3.8) is 0 Å². The fourth-order valence-corrected chi connectivity index (χ4v) is 2.30. The van der Waals surface area contributed by atoms with Crippen LogP contribution in [0.25, 0.3) is 0 Å². The molecule has 0 aliphatic rings. The highest BCUT2D eigenvalue weighted by Crippen LogP contribution is 2.25. The minimum Gasteiger partial charge on any atom is -0.329 e. The van der Waals surface area contributed by atoms with Crippen molar-refractivity contribution in [2.45, 2.75) is 6.92 Å². The van der Waals surface area contributed by atoms with Gasteiger partial charge >= 0.3 is 6.03 Å².